The summed E-state index contributed by atoms with van der Waals surface area (Å²) in [5.41, 5.74) is 4.82. The molecule has 1 unspecified atom stereocenters. The number of carbonyl (C=O) groups is 2. The average Bonchev–Trinajstić information content (AvgIpc) is 3.37. The topological polar surface area (TPSA) is 89.0 Å². The molecule has 0 aliphatic carbocycles. The molecule has 32 heavy (non-hydrogen) atoms. The number of fused-ring (bicyclic) bond motifs is 2. The van der Waals surface area contributed by atoms with Crippen LogP contribution in [0.4, 0.5) is 5.69 Å². The van der Waals surface area contributed by atoms with Crippen LogP contribution < -0.4 is 5.32 Å². The van der Waals surface area contributed by atoms with E-state index in [2.05, 4.69) is 16.4 Å². The third-order valence-corrected chi connectivity index (χ3v) is 5.85. The number of H-pyrrole nitrogens is 1. The summed E-state index contributed by atoms with van der Waals surface area (Å²) >= 11 is 0. The lowest BCUT2D eigenvalue weighted by atomic mass is 9.97. The van der Waals surface area contributed by atoms with Crippen molar-refractivity contribution >= 4 is 28.4 Å². The summed E-state index contributed by atoms with van der Waals surface area (Å²) in [6.45, 7) is 0.291. The number of hydrogen-bond donors (Lipinski definition) is 2. The van der Waals surface area contributed by atoms with E-state index >= 15 is 0 Å². The molecule has 3 aromatic carbocycles. The van der Waals surface area contributed by atoms with Crippen molar-refractivity contribution in [3.63, 3.8) is 0 Å². The van der Waals surface area contributed by atoms with Gasteiger partial charge < -0.3 is 15.2 Å². The first-order chi connectivity index (χ1) is 15.7. The van der Waals surface area contributed by atoms with Gasteiger partial charge >= 0.3 is 0 Å². The van der Waals surface area contributed by atoms with Gasteiger partial charge in [0.15, 0.2) is 0 Å². The molecule has 1 atom stereocenters. The lowest BCUT2D eigenvalue weighted by molar-refractivity contribution is -0.116. The summed E-state index contributed by atoms with van der Waals surface area (Å²) in [7, 11) is 0. The molecule has 6 heteroatoms. The molecule has 4 aromatic rings. The van der Waals surface area contributed by atoms with Crippen LogP contribution >= 0.6 is 0 Å². The maximum absolute atomic E-state index is 13.2. The van der Waals surface area contributed by atoms with E-state index in [1.54, 1.807) is 29.2 Å². The smallest absolute Gasteiger partial charge is 0.255 e. The Bertz CT molecular complexity index is 1360. The quantitative estimate of drug-likeness (QED) is 0.494. The molecule has 0 fully saturated rings. The Balaban J connectivity index is 1.40. The lowest BCUT2D eigenvalue weighted by Gasteiger charge is -2.25. The second kappa shape index (κ2) is 8.05. The first kappa shape index (κ1) is 19.6. The van der Waals surface area contributed by atoms with Crippen molar-refractivity contribution in [3.05, 3.63) is 101 Å². The fraction of sp³-hybridized carbons (Fsp3) is 0.115. The monoisotopic (exact) mass is 420 g/mol. The third-order valence-electron chi connectivity index (χ3n) is 5.85. The number of hydrogen-bond acceptors (Lipinski definition) is 3. The first-order valence-corrected chi connectivity index (χ1v) is 10.4. The molecule has 1 aliphatic rings. The van der Waals surface area contributed by atoms with Crippen molar-refractivity contribution < 1.29 is 9.59 Å². The SMILES string of the molecule is N#Cc1ccc(NC(=O)CCN2C(=O)c3ccccc3C2c2c[nH]c3ccccc23)cc1. The van der Waals surface area contributed by atoms with Crippen molar-refractivity contribution in [1.82, 2.24) is 9.88 Å². The van der Waals surface area contributed by atoms with Crippen LogP contribution in [0.25, 0.3) is 10.9 Å². The minimum Gasteiger partial charge on any atom is -0.361 e. The number of para-hydroxylation sites is 1. The molecule has 0 saturated heterocycles. The molecule has 1 aromatic heterocycles. The van der Waals surface area contributed by atoms with Crippen molar-refractivity contribution in [2.45, 2.75) is 12.5 Å². The molecule has 2 N–H and O–H groups in total. The Labute approximate surface area is 185 Å². The predicted molar refractivity (Wildman–Crippen MR) is 122 cm³/mol. The van der Waals surface area contributed by atoms with Gasteiger partial charge in [0.05, 0.1) is 17.7 Å². The van der Waals surface area contributed by atoms with Gasteiger partial charge in [0.1, 0.15) is 0 Å². The highest BCUT2D eigenvalue weighted by Crippen LogP contribution is 2.41. The van der Waals surface area contributed by atoms with Gasteiger partial charge in [0.2, 0.25) is 5.91 Å². The van der Waals surface area contributed by atoms with Crippen molar-refractivity contribution in [2.75, 3.05) is 11.9 Å². The Morgan fingerprint density at radius 1 is 1.00 bits per heavy atom. The Kier molecular flexibility index (Phi) is 4.92. The van der Waals surface area contributed by atoms with E-state index in [4.69, 9.17) is 5.26 Å². The van der Waals surface area contributed by atoms with Crippen molar-refractivity contribution in [3.8, 4) is 6.07 Å². The maximum Gasteiger partial charge on any atom is 0.255 e. The Morgan fingerprint density at radius 3 is 2.56 bits per heavy atom. The molecule has 6 nitrogen and oxygen atoms in total. The normalized spacial score (nSPS) is 14.9. The van der Waals surface area contributed by atoms with E-state index in [9.17, 15) is 9.59 Å². The Morgan fingerprint density at radius 2 is 1.75 bits per heavy atom. The van der Waals surface area contributed by atoms with Crippen LogP contribution in [0.1, 0.15) is 39.5 Å². The summed E-state index contributed by atoms with van der Waals surface area (Å²) in [6, 6.07) is 24.2. The number of benzene rings is 3. The van der Waals surface area contributed by atoms with Crippen molar-refractivity contribution in [1.29, 1.82) is 5.26 Å². The molecule has 2 heterocycles. The fourth-order valence-electron chi connectivity index (χ4n) is 4.33. The number of amides is 2. The standard InChI is InChI=1S/C26H20N4O2/c27-15-17-9-11-18(12-10-17)29-24(31)13-14-30-25(20-6-1-2-7-21(20)26(30)32)22-16-28-23-8-4-3-5-19(22)23/h1-12,16,25,28H,13-14H2,(H,29,31). The highest BCUT2D eigenvalue weighted by molar-refractivity contribution is 6.01. The second-order valence-corrected chi connectivity index (χ2v) is 7.77. The van der Waals surface area contributed by atoms with E-state index in [1.807, 2.05) is 54.7 Å². The summed E-state index contributed by atoms with van der Waals surface area (Å²) < 4.78 is 0. The van der Waals surface area contributed by atoms with E-state index in [0.717, 1.165) is 22.0 Å². The van der Waals surface area contributed by atoms with Crippen molar-refractivity contribution in [2.24, 2.45) is 0 Å². The molecular formula is C26H20N4O2. The number of nitrogens with zero attached hydrogens (tertiary/aromatic N) is 2. The number of carbonyl (C=O) groups excluding carboxylic acids is 2. The van der Waals surface area contributed by atoms with Crippen LogP contribution in [0.15, 0.2) is 79.0 Å². The van der Waals surface area contributed by atoms with E-state index < -0.39 is 0 Å². The van der Waals surface area contributed by atoms with Crippen LogP contribution in [-0.2, 0) is 4.79 Å². The molecular weight excluding hydrogens is 400 g/mol. The van der Waals surface area contributed by atoms with Gasteiger partial charge in [-0.2, -0.15) is 5.26 Å². The largest absolute Gasteiger partial charge is 0.361 e. The van der Waals surface area contributed by atoms with Crippen LogP contribution in [0, 0.1) is 11.3 Å². The van der Waals surface area contributed by atoms with Gasteiger partial charge in [-0.05, 0) is 42.0 Å². The van der Waals surface area contributed by atoms with Crippen LogP contribution in [0.2, 0.25) is 0 Å². The van der Waals surface area contributed by atoms with Gasteiger partial charge in [-0.25, -0.2) is 0 Å². The number of aromatic amines is 1. The number of rotatable bonds is 5. The first-order valence-electron chi connectivity index (χ1n) is 10.4. The minimum atomic E-state index is -0.252. The summed E-state index contributed by atoms with van der Waals surface area (Å²) in [5.74, 6) is -0.252. The number of anilines is 1. The molecule has 5 rings (SSSR count). The van der Waals surface area contributed by atoms with E-state index in [1.165, 1.54) is 0 Å². The van der Waals surface area contributed by atoms with Crippen LogP contribution in [0.3, 0.4) is 0 Å². The zero-order valence-electron chi connectivity index (χ0n) is 17.2. The van der Waals surface area contributed by atoms with Crippen LogP contribution in [0.5, 0.6) is 0 Å². The molecule has 1 aliphatic heterocycles. The second-order valence-electron chi connectivity index (χ2n) is 7.77. The number of aromatic nitrogens is 1. The van der Waals surface area contributed by atoms with E-state index in [-0.39, 0.29) is 24.3 Å². The van der Waals surface area contributed by atoms with Gasteiger partial charge in [-0.3, -0.25) is 9.59 Å². The summed E-state index contributed by atoms with van der Waals surface area (Å²) in [5, 5.41) is 12.8. The minimum absolute atomic E-state index is 0.0675. The molecule has 0 saturated carbocycles. The number of nitriles is 1. The zero-order chi connectivity index (χ0) is 22.1. The molecule has 156 valence electrons. The predicted octanol–water partition coefficient (Wildman–Crippen LogP) is 4.61. The van der Waals surface area contributed by atoms with Gasteiger partial charge in [-0.1, -0.05) is 36.4 Å². The molecule has 0 bridgehead atoms. The average molecular weight is 420 g/mol. The highest BCUT2D eigenvalue weighted by atomic mass is 16.2. The maximum atomic E-state index is 13.2. The fourth-order valence-corrected chi connectivity index (χ4v) is 4.33. The summed E-state index contributed by atoms with van der Waals surface area (Å²) in [4.78, 5) is 30.9. The molecule has 0 spiro atoms. The van der Waals surface area contributed by atoms with Crippen LogP contribution in [-0.4, -0.2) is 28.2 Å². The highest BCUT2D eigenvalue weighted by Gasteiger charge is 2.38. The molecule has 2 amide bonds. The van der Waals surface area contributed by atoms with Gasteiger partial charge in [0.25, 0.3) is 5.91 Å². The van der Waals surface area contributed by atoms with Gasteiger partial charge in [-0.15, -0.1) is 0 Å². The molecule has 0 radical (unpaired) electrons. The summed E-state index contributed by atoms with van der Waals surface area (Å²) in [6.07, 6.45) is 2.12. The lowest BCUT2D eigenvalue weighted by Crippen LogP contribution is -2.32. The van der Waals surface area contributed by atoms with E-state index in [0.29, 0.717) is 23.4 Å². The van der Waals surface area contributed by atoms with Gasteiger partial charge in [0, 0.05) is 46.9 Å². The number of nitrogens with one attached hydrogen (secondary N) is 2. The zero-order valence-corrected chi connectivity index (χ0v) is 17.2. The Hall–Kier alpha value is -4.37. The third kappa shape index (κ3) is 3.40.